The van der Waals surface area contributed by atoms with E-state index in [9.17, 15) is 10.2 Å². The van der Waals surface area contributed by atoms with Gasteiger partial charge in [0.05, 0.1) is 24.4 Å². The van der Waals surface area contributed by atoms with E-state index in [1.54, 1.807) is 18.3 Å². The standard InChI is InChI=1S/C23H28N4O3/c1-14-9-15(12-24-22(14)27-7-5-16(6-8-27)23(2,3)29)18-13-25-26-19-11-21(30-4)20(28)10-17(18)19/h9-13,16,28-29H,5-8H2,1-4H3. The van der Waals surface area contributed by atoms with Crippen LogP contribution in [0.5, 0.6) is 11.5 Å². The van der Waals surface area contributed by atoms with Gasteiger partial charge in [0, 0.05) is 41.9 Å². The quantitative estimate of drug-likeness (QED) is 0.680. The van der Waals surface area contributed by atoms with Gasteiger partial charge in [0.25, 0.3) is 0 Å². The number of methoxy groups -OCH3 is 1. The maximum Gasteiger partial charge on any atom is 0.162 e. The zero-order valence-corrected chi connectivity index (χ0v) is 17.9. The molecule has 0 spiro atoms. The molecule has 158 valence electrons. The number of aliphatic hydroxyl groups is 1. The van der Waals surface area contributed by atoms with Crippen molar-refractivity contribution in [1.82, 2.24) is 15.2 Å². The Labute approximate surface area is 176 Å². The molecule has 1 saturated heterocycles. The van der Waals surface area contributed by atoms with Crippen molar-refractivity contribution in [2.45, 2.75) is 39.2 Å². The third-order valence-corrected chi connectivity index (χ3v) is 6.09. The van der Waals surface area contributed by atoms with Gasteiger partial charge < -0.3 is 19.8 Å². The largest absolute Gasteiger partial charge is 0.504 e. The number of aromatic nitrogens is 3. The van der Waals surface area contributed by atoms with Gasteiger partial charge in [0.1, 0.15) is 5.82 Å². The first-order valence-electron chi connectivity index (χ1n) is 10.2. The Morgan fingerprint density at radius 1 is 1.13 bits per heavy atom. The number of aryl methyl sites for hydroxylation is 1. The number of hydrogen-bond donors (Lipinski definition) is 2. The number of fused-ring (bicyclic) bond motifs is 1. The van der Waals surface area contributed by atoms with Crippen molar-refractivity contribution in [3.8, 4) is 22.6 Å². The highest BCUT2D eigenvalue weighted by molar-refractivity contribution is 5.95. The summed E-state index contributed by atoms with van der Waals surface area (Å²) in [4.78, 5) is 7.05. The van der Waals surface area contributed by atoms with Crippen LogP contribution in [0.1, 0.15) is 32.3 Å². The Kier molecular flexibility index (Phi) is 5.24. The molecule has 0 radical (unpaired) electrons. The normalized spacial score (nSPS) is 15.6. The Bertz CT molecular complexity index is 1070. The molecule has 0 saturated carbocycles. The summed E-state index contributed by atoms with van der Waals surface area (Å²) in [6.07, 6.45) is 5.44. The van der Waals surface area contributed by atoms with Crippen LogP contribution in [-0.4, -0.2) is 51.2 Å². The highest BCUT2D eigenvalue weighted by Gasteiger charge is 2.31. The minimum atomic E-state index is -0.637. The van der Waals surface area contributed by atoms with Gasteiger partial charge in [-0.15, -0.1) is 0 Å². The number of ether oxygens (including phenoxy) is 1. The zero-order valence-electron chi connectivity index (χ0n) is 17.9. The average Bonchev–Trinajstić information content (AvgIpc) is 2.72. The second-order valence-electron chi connectivity index (χ2n) is 8.58. The molecule has 1 aliphatic heterocycles. The van der Waals surface area contributed by atoms with Crippen molar-refractivity contribution in [2.24, 2.45) is 5.92 Å². The number of nitrogens with zero attached hydrogens (tertiary/aromatic N) is 4. The summed E-state index contributed by atoms with van der Waals surface area (Å²) in [6, 6.07) is 5.44. The molecule has 30 heavy (non-hydrogen) atoms. The lowest BCUT2D eigenvalue weighted by Gasteiger charge is -2.38. The Morgan fingerprint density at radius 3 is 2.50 bits per heavy atom. The van der Waals surface area contributed by atoms with Gasteiger partial charge in [0.15, 0.2) is 11.5 Å². The maximum absolute atomic E-state index is 10.3. The summed E-state index contributed by atoms with van der Waals surface area (Å²) in [7, 11) is 1.51. The summed E-state index contributed by atoms with van der Waals surface area (Å²) in [5.41, 5.74) is 2.88. The van der Waals surface area contributed by atoms with E-state index >= 15 is 0 Å². The number of aromatic hydroxyl groups is 1. The number of benzene rings is 1. The molecule has 7 nitrogen and oxygen atoms in total. The number of piperidine rings is 1. The summed E-state index contributed by atoms with van der Waals surface area (Å²) in [5, 5.41) is 29.6. The summed E-state index contributed by atoms with van der Waals surface area (Å²) < 4.78 is 5.18. The smallest absolute Gasteiger partial charge is 0.162 e. The van der Waals surface area contributed by atoms with Crippen molar-refractivity contribution in [3.05, 3.63) is 36.2 Å². The molecule has 3 heterocycles. The van der Waals surface area contributed by atoms with Gasteiger partial charge in [-0.1, -0.05) is 0 Å². The molecule has 0 unspecified atom stereocenters. The molecule has 3 aromatic rings. The van der Waals surface area contributed by atoms with Gasteiger partial charge in [-0.2, -0.15) is 10.2 Å². The number of anilines is 1. The molecule has 0 aliphatic carbocycles. The monoisotopic (exact) mass is 408 g/mol. The lowest BCUT2D eigenvalue weighted by molar-refractivity contribution is 0.00645. The topological polar surface area (TPSA) is 91.6 Å². The van der Waals surface area contributed by atoms with Gasteiger partial charge in [-0.25, -0.2) is 4.98 Å². The van der Waals surface area contributed by atoms with E-state index in [4.69, 9.17) is 9.72 Å². The van der Waals surface area contributed by atoms with Crippen LogP contribution in [-0.2, 0) is 0 Å². The SMILES string of the molecule is COc1cc2nncc(-c3cnc(N4CCC(C(C)(C)O)CC4)c(C)c3)c2cc1O. The van der Waals surface area contributed by atoms with Gasteiger partial charge in [-0.3, -0.25) is 0 Å². The number of pyridine rings is 1. The van der Waals surface area contributed by atoms with Crippen molar-refractivity contribution < 1.29 is 14.9 Å². The summed E-state index contributed by atoms with van der Waals surface area (Å²) in [6.45, 7) is 7.62. The van der Waals surface area contributed by atoms with Gasteiger partial charge in [0.2, 0.25) is 0 Å². The summed E-state index contributed by atoms with van der Waals surface area (Å²) >= 11 is 0. The van der Waals surface area contributed by atoms with Crippen LogP contribution in [0.4, 0.5) is 5.82 Å². The predicted octanol–water partition coefficient (Wildman–Crippen LogP) is 3.70. The highest BCUT2D eigenvalue weighted by atomic mass is 16.5. The maximum atomic E-state index is 10.3. The van der Waals surface area contributed by atoms with E-state index in [1.807, 2.05) is 20.0 Å². The first kappa shape index (κ1) is 20.3. The molecule has 1 aliphatic rings. The molecular formula is C23H28N4O3. The molecule has 0 bridgehead atoms. The summed E-state index contributed by atoms with van der Waals surface area (Å²) in [5.74, 6) is 1.72. The third-order valence-electron chi connectivity index (χ3n) is 6.09. The molecule has 7 heteroatoms. The zero-order chi connectivity index (χ0) is 21.5. The molecular weight excluding hydrogens is 380 g/mol. The van der Waals surface area contributed by atoms with Crippen LogP contribution >= 0.6 is 0 Å². The molecule has 2 N–H and O–H groups in total. The number of rotatable bonds is 4. The fourth-order valence-electron chi connectivity index (χ4n) is 4.31. The van der Waals surface area contributed by atoms with E-state index in [0.29, 0.717) is 17.2 Å². The Hall–Kier alpha value is -2.93. The minimum absolute atomic E-state index is 0.0650. The predicted molar refractivity (Wildman–Crippen MR) is 117 cm³/mol. The molecule has 0 atom stereocenters. The van der Waals surface area contributed by atoms with E-state index < -0.39 is 5.60 Å². The van der Waals surface area contributed by atoms with Crippen LogP contribution in [0.15, 0.2) is 30.6 Å². The second kappa shape index (κ2) is 7.72. The fourth-order valence-corrected chi connectivity index (χ4v) is 4.31. The second-order valence-corrected chi connectivity index (χ2v) is 8.58. The van der Waals surface area contributed by atoms with E-state index in [-0.39, 0.29) is 5.75 Å². The van der Waals surface area contributed by atoms with E-state index in [0.717, 1.165) is 53.8 Å². The van der Waals surface area contributed by atoms with E-state index in [1.165, 1.54) is 7.11 Å². The molecule has 1 fully saturated rings. The first-order chi connectivity index (χ1) is 14.3. The molecule has 2 aromatic heterocycles. The number of phenolic OH excluding ortho intramolecular Hbond substituents is 1. The molecule has 4 rings (SSSR count). The Morgan fingerprint density at radius 2 is 1.87 bits per heavy atom. The third kappa shape index (κ3) is 3.77. The van der Waals surface area contributed by atoms with Crippen LogP contribution < -0.4 is 9.64 Å². The lowest BCUT2D eigenvalue weighted by atomic mass is 9.83. The van der Waals surface area contributed by atoms with Crippen LogP contribution in [0.25, 0.3) is 22.0 Å². The number of phenols is 1. The molecule has 1 aromatic carbocycles. The Balaban J connectivity index is 1.64. The van der Waals surface area contributed by atoms with Gasteiger partial charge >= 0.3 is 0 Å². The van der Waals surface area contributed by atoms with Gasteiger partial charge in [-0.05, 0) is 57.2 Å². The average molecular weight is 409 g/mol. The van der Waals surface area contributed by atoms with Crippen molar-refractivity contribution >= 4 is 16.7 Å². The van der Waals surface area contributed by atoms with Crippen molar-refractivity contribution in [2.75, 3.05) is 25.1 Å². The number of hydrogen-bond acceptors (Lipinski definition) is 7. The van der Waals surface area contributed by atoms with Crippen LogP contribution in [0.3, 0.4) is 0 Å². The highest BCUT2D eigenvalue weighted by Crippen LogP contribution is 2.36. The van der Waals surface area contributed by atoms with Crippen molar-refractivity contribution in [1.29, 1.82) is 0 Å². The van der Waals surface area contributed by atoms with Crippen molar-refractivity contribution in [3.63, 3.8) is 0 Å². The first-order valence-corrected chi connectivity index (χ1v) is 10.2. The fraction of sp³-hybridized carbons (Fsp3) is 0.435. The van der Waals surface area contributed by atoms with Crippen LogP contribution in [0, 0.1) is 12.8 Å². The van der Waals surface area contributed by atoms with Crippen LogP contribution in [0.2, 0.25) is 0 Å². The van der Waals surface area contributed by atoms with E-state index in [2.05, 4.69) is 28.1 Å². The molecule has 0 amide bonds. The minimum Gasteiger partial charge on any atom is -0.504 e. The lowest BCUT2D eigenvalue weighted by Crippen LogP contribution is -2.42.